The van der Waals surface area contributed by atoms with Crippen LogP contribution in [0.1, 0.15) is 56.7 Å². The third-order valence-corrected chi connectivity index (χ3v) is 5.70. The molecular formula is C24H28N4O2. The molecule has 156 valence electrons. The fraction of sp³-hybridized carbons (Fsp3) is 0.375. The van der Waals surface area contributed by atoms with E-state index in [1.165, 1.54) is 0 Å². The number of aromatic amines is 1. The number of fused-ring (bicyclic) bond motifs is 1. The van der Waals surface area contributed by atoms with Crippen molar-refractivity contribution >= 4 is 28.5 Å². The van der Waals surface area contributed by atoms with Crippen LogP contribution in [0.4, 0.5) is 5.69 Å². The molecule has 1 fully saturated rings. The predicted molar refractivity (Wildman–Crippen MR) is 118 cm³/mol. The van der Waals surface area contributed by atoms with Crippen LogP contribution in [-0.2, 0) is 9.59 Å². The molecule has 0 bridgehead atoms. The van der Waals surface area contributed by atoms with E-state index in [9.17, 15) is 9.59 Å². The molecule has 2 aromatic carbocycles. The summed E-state index contributed by atoms with van der Waals surface area (Å²) in [4.78, 5) is 32.6. The smallest absolute Gasteiger partial charge is 0.224 e. The Morgan fingerprint density at radius 3 is 2.57 bits per heavy atom. The summed E-state index contributed by atoms with van der Waals surface area (Å²) in [5.74, 6) is 1.33. The van der Waals surface area contributed by atoms with Crippen molar-refractivity contribution in [3.63, 3.8) is 0 Å². The first-order valence-corrected chi connectivity index (χ1v) is 10.8. The van der Waals surface area contributed by atoms with Gasteiger partial charge in [0.2, 0.25) is 11.8 Å². The Bertz CT molecular complexity index is 966. The second-order valence-corrected chi connectivity index (χ2v) is 8.03. The summed E-state index contributed by atoms with van der Waals surface area (Å²) < 4.78 is 0. The molecule has 2 unspecified atom stereocenters. The Labute approximate surface area is 176 Å². The maximum atomic E-state index is 12.4. The number of benzene rings is 2. The standard InChI is InChI=1S/C24H28N4O2/c29-22(25-18-9-2-1-3-10-18)14-7-15-23(30)26-19-11-6-8-17(16-19)24-27-20-12-4-5-13-21(20)28-24/h1-5,9-10,12-13,17,19H,6-8,11,14-16H2,(H,25,29)(H,26,30)(H,27,28). The van der Waals surface area contributed by atoms with Gasteiger partial charge in [-0.1, -0.05) is 36.8 Å². The van der Waals surface area contributed by atoms with Gasteiger partial charge in [-0.2, -0.15) is 0 Å². The Morgan fingerprint density at radius 1 is 0.967 bits per heavy atom. The van der Waals surface area contributed by atoms with Crippen LogP contribution in [-0.4, -0.2) is 27.8 Å². The van der Waals surface area contributed by atoms with Gasteiger partial charge in [0.25, 0.3) is 0 Å². The van der Waals surface area contributed by atoms with Crippen LogP contribution in [0.2, 0.25) is 0 Å². The van der Waals surface area contributed by atoms with E-state index in [0.29, 0.717) is 25.2 Å². The molecule has 3 N–H and O–H groups in total. The minimum atomic E-state index is -0.0587. The number of para-hydroxylation sites is 3. The summed E-state index contributed by atoms with van der Waals surface area (Å²) in [6.45, 7) is 0. The second kappa shape index (κ2) is 9.57. The molecule has 0 saturated heterocycles. The van der Waals surface area contributed by atoms with Gasteiger partial charge >= 0.3 is 0 Å². The lowest BCUT2D eigenvalue weighted by molar-refractivity contribution is -0.122. The molecular weight excluding hydrogens is 376 g/mol. The van der Waals surface area contributed by atoms with Crippen LogP contribution in [0.25, 0.3) is 11.0 Å². The van der Waals surface area contributed by atoms with E-state index in [-0.39, 0.29) is 17.9 Å². The number of H-pyrrole nitrogens is 1. The van der Waals surface area contributed by atoms with Gasteiger partial charge in [-0.3, -0.25) is 9.59 Å². The summed E-state index contributed by atoms with van der Waals surface area (Å²) in [5, 5.41) is 6.01. The number of carbonyl (C=O) groups is 2. The minimum absolute atomic E-state index is 0.0257. The summed E-state index contributed by atoms with van der Waals surface area (Å²) in [7, 11) is 0. The van der Waals surface area contributed by atoms with Crippen LogP contribution < -0.4 is 10.6 Å². The zero-order chi connectivity index (χ0) is 20.8. The highest BCUT2D eigenvalue weighted by Gasteiger charge is 2.26. The number of aromatic nitrogens is 2. The van der Waals surface area contributed by atoms with Gasteiger partial charge in [-0.05, 0) is 49.9 Å². The van der Waals surface area contributed by atoms with Crippen LogP contribution in [0, 0.1) is 0 Å². The molecule has 6 heteroatoms. The Hall–Kier alpha value is -3.15. The van der Waals surface area contributed by atoms with Gasteiger partial charge in [0.1, 0.15) is 5.82 Å². The summed E-state index contributed by atoms with van der Waals surface area (Å²) in [6.07, 6.45) is 5.32. The van der Waals surface area contributed by atoms with Crippen molar-refractivity contribution < 1.29 is 9.59 Å². The quantitative estimate of drug-likeness (QED) is 0.541. The molecule has 0 spiro atoms. The highest BCUT2D eigenvalue weighted by Crippen LogP contribution is 2.32. The van der Waals surface area contributed by atoms with Crippen molar-refractivity contribution in [2.75, 3.05) is 5.32 Å². The Morgan fingerprint density at radius 2 is 1.73 bits per heavy atom. The molecule has 6 nitrogen and oxygen atoms in total. The van der Waals surface area contributed by atoms with Crippen molar-refractivity contribution in [1.29, 1.82) is 0 Å². The highest BCUT2D eigenvalue weighted by molar-refractivity contribution is 5.90. The molecule has 0 aliphatic heterocycles. The van der Waals surface area contributed by atoms with E-state index in [4.69, 9.17) is 4.98 Å². The van der Waals surface area contributed by atoms with E-state index in [0.717, 1.165) is 48.2 Å². The van der Waals surface area contributed by atoms with Crippen LogP contribution in [0.5, 0.6) is 0 Å². The first-order valence-electron chi connectivity index (χ1n) is 10.8. The SMILES string of the molecule is O=C(CCCC(=O)NC1CCCC(c2nc3ccccc3[nH]2)C1)Nc1ccccc1. The number of nitrogens with one attached hydrogen (secondary N) is 3. The van der Waals surface area contributed by atoms with E-state index >= 15 is 0 Å². The monoisotopic (exact) mass is 404 g/mol. The number of rotatable bonds is 7. The number of anilines is 1. The Kier molecular flexibility index (Phi) is 6.42. The lowest BCUT2D eigenvalue weighted by Crippen LogP contribution is -2.38. The molecule has 1 aliphatic rings. The fourth-order valence-corrected chi connectivity index (χ4v) is 4.19. The predicted octanol–water partition coefficient (Wildman–Crippen LogP) is 4.51. The Balaban J connectivity index is 1.22. The first-order chi connectivity index (χ1) is 14.7. The topological polar surface area (TPSA) is 86.9 Å². The van der Waals surface area contributed by atoms with Crippen molar-refractivity contribution in [2.45, 2.75) is 56.9 Å². The zero-order valence-corrected chi connectivity index (χ0v) is 17.1. The number of nitrogens with zero attached hydrogens (tertiary/aromatic N) is 1. The lowest BCUT2D eigenvalue weighted by atomic mass is 9.85. The van der Waals surface area contributed by atoms with Crippen molar-refractivity contribution in [1.82, 2.24) is 15.3 Å². The summed E-state index contributed by atoms with van der Waals surface area (Å²) in [6, 6.07) is 17.6. The van der Waals surface area contributed by atoms with Crippen LogP contribution in [0.15, 0.2) is 54.6 Å². The fourth-order valence-electron chi connectivity index (χ4n) is 4.19. The summed E-state index contributed by atoms with van der Waals surface area (Å²) >= 11 is 0. The zero-order valence-electron chi connectivity index (χ0n) is 17.1. The average Bonchev–Trinajstić information content (AvgIpc) is 3.19. The van der Waals surface area contributed by atoms with Gasteiger partial charge in [-0.15, -0.1) is 0 Å². The average molecular weight is 405 g/mol. The van der Waals surface area contributed by atoms with Crippen LogP contribution in [0.3, 0.4) is 0 Å². The van der Waals surface area contributed by atoms with Gasteiger partial charge in [-0.25, -0.2) is 4.98 Å². The maximum absolute atomic E-state index is 12.4. The molecule has 30 heavy (non-hydrogen) atoms. The van der Waals surface area contributed by atoms with Crippen molar-refractivity contribution in [2.24, 2.45) is 0 Å². The maximum Gasteiger partial charge on any atom is 0.224 e. The molecule has 2 amide bonds. The molecule has 1 saturated carbocycles. The molecule has 3 aromatic rings. The van der Waals surface area contributed by atoms with Gasteiger partial charge in [0.05, 0.1) is 11.0 Å². The number of imidazole rings is 1. The molecule has 0 radical (unpaired) electrons. The van der Waals surface area contributed by atoms with Crippen LogP contribution >= 0.6 is 0 Å². The van der Waals surface area contributed by atoms with E-state index in [2.05, 4.69) is 15.6 Å². The minimum Gasteiger partial charge on any atom is -0.353 e. The van der Waals surface area contributed by atoms with Gasteiger partial charge in [0, 0.05) is 30.5 Å². The normalized spacial score (nSPS) is 18.8. The number of hydrogen-bond donors (Lipinski definition) is 3. The number of amides is 2. The number of hydrogen-bond acceptors (Lipinski definition) is 3. The number of carbonyl (C=O) groups excluding carboxylic acids is 2. The molecule has 1 heterocycles. The third-order valence-electron chi connectivity index (χ3n) is 5.70. The molecule has 2 atom stereocenters. The molecule has 1 aromatic heterocycles. The largest absolute Gasteiger partial charge is 0.353 e. The lowest BCUT2D eigenvalue weighted by Gasteiger charge is -2.28. The van der Waals surface area contributed by atoms with Gasteiger partial charge < -0.3 is 15.6 Å². The van der Waals surface area contributed by atoms with E-state index in [1.807, 2.05) is 54.6 Å². The molecule has 1 aliphatic carbocycles. The third kappa shape index (κ3) is 5.26. The van der Waals surface area contributed by atoms with Crippen molar-refractivity contribution in [3.8, 4) is 0 Å². The van der Waals surface area contributed by atoms with Crippen molar-refractivity contribution in [3.05, 3.63) is 60.4 Å². The second-order valence-electron chi connectivity index (χ2n) is 8.03. The summed E-state index contributed by atoms with van der Waals surface area (Å²) in [5.41, 5.74) is 2.84. The van der Waals surface area contributed by atoms with E-state index < -0.39 is 0 Å². The first kappa shape index (κ1) is 20.1. The van der Waals surface area contributed by atoms with Gasteiger partial charge in [0.15, 0.2) is 0 Å². The molecule has 4 rings (SSSR count). The highest BCUT2D eigenvalue weighted by atomic mass is 16.2. The van der Waals surface area contributed by atoms with E-state index in [1.54, 1.807) is 0 Å².